The maximum atomic E-state index is 12.8. The number of anilines is 1. The van der Waals surface area contributed by atoms with Gasteiger partial charge in [-0.15, -0.1) is 0 Å². The summed E-state index contributed by atoms with van der Waals surface area (Å²) >= 11 is 0. The average Bonchev–Trinajstić information content (AvgIpc) is 2.99. The molecule has 1 aliphatic carbocycles. The van der Waals surface area contributed by atoms with Crippen LogP contribution in [0.2, 0.25) is 0 Å². The summed E-state index contributed by atoms with van der Waals surface area (Å²) in [5.41, 5.74) is 2.18. The highest BCUT2D eigenvalue weighted by Crippen LogP contribution is 2.35. The lowest BCUT2D eigenvalue weighted by molar-refractivity contribution is -0.384. The van der Waals surface area contributed by atoms with Crippen molar-refractivity contribution < 1.29 is 14.5 Å². The topological polar surface area (TPSA) is 80.5 Å². The van der Waals surface area contributed by atoms with Gasteiger partial charge in [0.05, 0.1) is 10.5 Å². The van der Waals surface area contributed by atoms with Gasteiger partial charge >= 0.3 is 0 Å². The van der Waals surface area contributed by atoms with E-state index in [0.29, 0.717) is 22.7 Å². The number of allylic oxidation sites excluding steroid dienone is 1. The van der Waals surface area contributed by atoms with E-state index in [1.807, 2.05) is 0 Å². The van der Waals surface area contributed by atoms with Crippen molar-refractivity contribution in [2.24, 2.45) is 0 Å². The third-order valence-corrected chi connectivity index (χ3v) is 5.84. The van der Waals surface area contributed by atoms with Crippen molar-refractivity contribution in [3.63, 3.8) is 0 Å². The quantitative estimate of drug-likeness (QED) is 0.323. The number of benzene rings is 2. The molecule has 0 radical (unpaired) electrons. The normalized spacial score (nSPS) is 18.7. The largest absolute Gasteiger partial charge is 0.368 e. The smallest absolute Gasteiger partial charge is 0.270 e. The first kappa shape index (κ1) is 19.1. The summed E-state index contributed by atoms with van der Waals surface area (Å²) in [5.74, 6) is -0.650. The molecule has 0 unspecified atom stereocenters. The van der Waals surface area contributed by atoms with E-state index in [2.05, 4.69) is 11.8 Å². The van der Waals surface area contributed by atoms with E-state index >= 15 is 0 Å². The zero-order chi connectivity index (χ0) is 20.5. The van der Waals surface area contributed by atoms with Gasteiger partial charge in [-0.1, -0.05) is 31.2 Å². The summed E-state index contributed by atoms with van der Waals surface area (Å²) in [6.45, 7) is 2.99. The van der Waals surface area contributed by atoms with Crippen molar-refractivity contribution in [2.75, 3.05) is 11.4 Å². The van der Waals surface area contributed by atoms with Crippen LogP contribution in [0.5, 0.6) is 0 Å². The maximum absolute atomic E-state index is 12.8. The van der Waals surface area contributed by atoms with Crippen LogP contribution < -0.4 is 4.90 Å². The Labute approximate surface area is 169 Å². The van der Waals surface area contributed by atoms with Gasteiger partial charge in [0.1, 0.15) is 0 Å². The Balaban J connectivity index is 1.83. The van der Waals surface area contributed by atoms with Crippen LogP contribution in [-0.2, 0) is 0 Å². The van der Waals surface area contributed by atoms with Crippen molar-refractivity contribution in [2.45, 2.75) is 38.6 Å². The second-order valence-corrected chi connectivity index (χ2v) is 7.51. The molecule has 4 rings (SSSR count). The van der Waals surface area contributed by atoms with Crippen LogP contribution in [-0.4, -0.2) is 29.1 Å². The van der Waals surface area contributed by atoms with Crippen LogP contribution in [0.15, 0.2) is 48.0 Å². The Morgan fingerprint density at radius 1 is 1.10 bits per heavy atom. The lowest BCUT2D eigenvalue weighted by Crippen LogP contribution is -2.39. The number of piperidine rings is 1. The van der Waals surface area contributed by atoms with Crippen LogP contribution in [0.3, 0.4) is 0 Å². The number of hydrogen-bond acceptors (Lipinski definition) is 5. The SMILES string of the molecule is CC[C@@H]1CCCCN1c1ccc([N+](=O)[O-])cc1C=C1C(=O)c2ccccc2C1=O. The molecule has 29 heavy (non-hydrogen) atoms. The van der Waals surface area contributed by atoms with Crippen molar-refractivity contribution in [1.82, 2.24) is 0 Å². The van der Waals surface area contributed by atoms with Crippen molar-refractivity contribution >= 4 is 29.0 Å². The number of nitro groups is 1. The van der Waals surface area contributed by atoms with E-state index in [1.165, 1.54) is 18.2 Å². The fraction of sp³-hybridized carbons (Fsp3) is 0.304. The van der Waals surface area contributed by atoms with Gasteiger partial charge in [-0.2, -0.15) is 0 Å². The Morgan fingerprint density at radius 3 is 2.41 bits per heavy atom. The highest BCUT2D eigenvalue weighted by molar-refractivity contribution is 6.41. The minimum Gasteiger partial charge on any atom is -0.368 e. The molecule has 2 aliphatic rings. The van der Waals surface area contributed by atoms with Gasteiger partial charge < -0.3 is 4.90 Å². The molecule has 0 bridgehead atoms. The van der Waals surface area contributed by atoms with Crippen molar-refractivity contribution in [1.29, 1.82) is 0 Å². The number of fused-ring (bicyclic) bond motifs is 1. The number of rotatable bonds is 4. The Morgan fingerprint density at radius 2 is 1.79 bits per heavy atom. The monoisotopic (exact) mass is 390 g/mol. The number of Topliss-reactive ketones (excluding diaryl/α,β-unsaturated/α-hetero) is 2. The van der Waals surface area contributed by atoms with Crippen molar-refractivity contribution in [3.05, 3.63) is 74.8 Å². The van der Waals surface area contributed by atoms with Gasteiger partial charge in [-0.05, 0) is 37.8 Å². The second-order valence-electron chi connectivity index (χ2n) is 7.51. The number of nitrogens with zero attached hydrogens (tertiary/aromatic N) is 2. The van der Waals surface area contributed by atoms with Crippen molar-refractivity contribution in [3.8, 4) is 0 Å². The molecule has 2 aromatic carbocycles. The molecule has 0 N–H and O–H groups in total. The number of hydrogen-bond donors (Lipinski definition) is 0. The number of nitro benzene ring substituents is 1. The highest BCUT2D eigenvalue weighted by atomic mass is 16.6. The van der Waals surface area contributed by atoms with Gasteiger partial charge in [0, 0.05) is 47.1 Å². The summed E-state index contributed by atoms with van der Waals surface area (Å²) in [6.07, 6.45) is 5.77. The standard InChI is InChI=1S/C23H22N2O4/c1-2-16-7-5-6-12-24(16)21-11-10-17(25(28)29)13-15(21)14-20-22(26)18-8-3-4-9-19(18)23(20)27/h3-4,8-11,13-14,16H,2,5-7,12H2,1H3/t16-/m1/s1. The first-order chi connectivity index (χ1) is 14.0. The van der Waals surface area contributed by atoms with E-state index in [-0.39, 0.29) is 22.8 Å². The zero-order valence-electron chi connectivity index (χ0n) is 16.3. The van der Waals surface area contributed by atoms with E-state index in [9.17, 15) is 19.7 Å². The Kier molecular flexibility index (Phi) is 5.01. The number of ketones is 2. The lowest BCUT2D eigenvalue weighted by Gasteiger charge is -2.38. The van der Waals surface area contributed by atoms with Gasteiger partial charge in [0.15, 0.2) is 11.6 Å². The Bertz CT molecular complexity index is 1000. The minimum absolute atomic E-state index is 0.0546. The molecule has 1 fully saturated rings. The molecular formula is C23H22N2O4. The lowest BCUT2D eigenvalue weighted by atomic mass is 9.96. The van der Waals surface area contributed by atoms with Gasteiger partial charge in [0.25, 0.3) is 5.69 Å². The summed E-state index contributed by atoms with van der Waals surface area (Å²) in [7, 11) is 0. The first-order valence-corrected chi connectivity index (χ1v) is 9.96. The van der Waals surface area contributed by atoms with Gasteiger partial charge in [-0.3, -0.25) is 19.7 Å². The molecule has 6 nitrogen and oxygen atoms in total. The zero-order valence-corrected chi connectivity index (χ0v) is 16.3. The summed E-state index contributed by atoms with van der Waals surface area (Å²) < 4.78 is 0. The van der Waals surface area contributed by atoms with Crippen LogP contribution in [0, 0.1) is 10.1 Å². The molecule has 1 aliphatic heterocycles. The molecule has 6 heteroatoms. The third kappa shape index (κ3) is 3.35. The molecule has 1 saturated heterocycles. The molecule has 0 aromatic heterocycles. The molecule has 148 valence electrons. The van der Waals surface area contributed by atoms with E-state index in [1.54, 1.807) is 30.3 Å². The van der Waals surface area contributed by atoms with E-state index in [4.69, 9.17) is 0 Å². The van der Waals surface area contributed by atoms with Crippen LogP contribution in [0.25, 0.3) is 6.08 Å². The molecule has 1 heterocycles. The van der Waals surface area contributed by atoms with E-state index in [0.717, 1.165) is 37.9 Å². The number of carbonyl (C=O) groups excluding carboxylic acids is 2. The Hall–Kier alpha value is -3.28. The summed E-state index contributed by atoms with van der Waals surface area (Å²) in [4.78, 5) is 38.8. The van der Waals surface area contributed by atoms with Gasteiger partial charge in [-0.25, -0.2) is 0 Å². The average molecular weight is 390 g/mol. The van der Waals surface area contributed by atoms with E-state index < -0.39 is 4.92 Å². The fourth-order valence-corrected chi connectivity index (χ4v) is 4.33. The van der Waals surface area contributed by atoms with Crippen LogP contribution in [0.1, 0.15) is 58.9 Å². The molecule has 0 spiro atoms. The number of non-ortho nitro benzene ring substituents is 1. The summed E-state index contributed by atoms with van der Waals surface area (Å²) in [6, 6.07) is 11.8. The number of carbonyl (C=O) groups is 2. The minimum atomic E-state index is -0.452. The molecule has 0 amide bonds. The summed E-state index contributed by atoms with van der Waals surface area (Å²) in [5, 5.41) is 11.3. The third-order valence-electron chi connectivity index (χ3n) is 5.84. The second kappa shape index (κ2) is 7.62. The van der Waals surface area contributed by atoms with Crippen LogP contribution >= 0.6 is 0 Å². The molecule has 2 aromatic rings. The van der Waals surface area contributed by atoms with Crippen LogP contribution in [0.4, 0.5) is 11.4 Å². The molecule has 0 saturated carbocycles. The fourth-order valence-electron chi connectivity index (χ4n) is 4.33. The predicted octanol–water partition coefficient (Wildman–Crippen LogP) is 4.83. The highest BCUT2D eigenvalue weighted by Gasteiger charge is 2.33. The van der Waals surface area contributed by atoms with Gasteiger partial charge in [0.2, 0.25) is 0 Å². The first-order valence-electron chi connectivity index (χ1n) is 9.96. The molecular weight excluding hydrogens is 368 g/mol. The predicted molar refractivity (Wildman–Crippen MR) is 111 cm³/mol. The maximum Gasteiger partial charge on any atom is 0.270 e. The molecule has 1 atom stereocenters.